The normalized spacial score (nSPS) is 20.3. The van der Waals surface area contributed by atoms with E-state index in [4.69, 9.17) is 4.98 Å². The minimum atomic E-state index is 0.0547. The van der Waals surface area contributed by atoms with Gasteiger partial charge in [0.25, 0.3) is 5.56 Å². The Kier molecular flexibility index (Phi) is 3.68. The first-order valence-corrected chi connectivity index (χ1v) is 10.6. The van der Waals surface area contributed by atoms with Crippen LogP contribution in [-0.4, -0.2) is 36.2 Å². The van der Waals surface area contributed by atoms with Crippen LogP contribution < -0.4 is 10.9 Å². The monoisotopic (exact) mass is 400 g/mol. The van der Waals surface area contributed by atoms with Crippen molar-refractivity contribution in [2.75, 3.05) is 6.54 Å². The second-order valence-corrected chi connectivity index (χ2v) is 8.87. The van der Waals surface area contributed by atoms with E-state index < -0.39 is 0 Å². The van der Waals surface area contributed by atoms with E-state index in [0.717, 1.165) is 47.7 Å². The van der Waals surface area contributed by atoms with Crippen molar-refractivity contribution in [3.63, 3.8) is 0 Å². The lowest BCUT2D eigenvalue weighted by atomic mass is 9.97. The molecule has 1 N–H and O–H groups in total. The molecule has 152 valence electrons. The summed E-state index contributed by atoms with van der Waals surface area (Å²) < 4.78 is 3.72. The third-order valence-corrected chi connectivity index (χ3v) is 6.63. The Balaban J connectivity index is 1.41. The first kappa shape index (κ1) is 17.8. The summed E-state index contributed by atoms with van der Waals surface area (Å²) in [6.45, 7) is 4.96. The molecule has 30 heavy (non-hydrogen) atoms. The predicted octanol–water partition coefficient (Wildman–Crippen LogP) is 3.18. The zero-order valence-corrected chi connectivity index (χ0v) is 17.2. The molecule has 1 saturated heterocycles. The summed E-state index contributed by atoms with van der Waals surface area (Å²) in [5.41, 5.74) is 5.42. The van der Waals surface area contributed by atoms with Gasteiger partial charge in [0.15, 0.2) is 5.65 Å². The van der Waals surface area contributed by atoms with Crippen LogP contribution in [0.4, 0.5) is 0 Å². The summed E-state index contributed by atoms with van der Waals surface area (Å²) in [5.74, 6) is 0. The van der Waals surface area contributed by atoms with Gasteiger partial charge >= 0.3 is 0 Å². The first-order chi connectivity index (χ1) is 14.5. The van der Waals surface area contributed by atoms with Crippen molar-refractivity contribution >= 4 is 16.6 Å². The van der Waals surface area contributed by atoms with Crippen molar-refractivity contribution in [1.29, 1.82) is 0 Å². The minimum absolute atomic E-state index is 0.0547. The topological polar surface area (TPSA) is 77.1 Å². The summed E-state index contributed by atoms with van der Waals surface area (Å²) in [5, 5.41) is 8.97. The van der Waals surface area contributed by atoms with E-state index in [1.54, 1.807) is 4.52 Å². The molecular weight excluding hydrogens is 376 g/mol. The van der Waals surface area contributed by atoms with Crippen molar-refractivity contribution in [2.45, 2.75) is 51.1 Å². The highest BCUT2D eigenvalue weighted by Gasteiger charge is 2.46. The van der Waals surface area contributed by atoms with Crippen LogP contribution in [0.2, 0.25) is 0 Å². The molecular formula is C23H24N6O. The highest BCUT2D eigenvalue weighted by atomic mass is 16.1. The summed E-state index contributed by atoms with van der Waals surface area (Å²) in [4.78, 5) is 22.5. The molecule has 4 aromatic heterocycles. The molecule has 1 aliphatic carbocycles. The number of fused-ring (bicyclic) bond motifs is 2. The number of imidazole rings is 1. The zero-order valence-electron chi connectivity index (χ0n) is 17.2. The van der Waals surface area contributed by atoms with Crippen LogP contribution in [0.25, 0.3) is 27.9 Å². The molecule has 4 aromatic rings. The molecule has 1 saturated carbocycles. The average Bonchev–Trinajstić information content (AvgIpc) is 3.35. The van der Waals surface area contributed by atoms with Crippen LogP contribution in [0.15, 0.2) is 41.5 Å². The Morgan fingerprint density at radius 2 is 2.00 bits per heavy atom. The maximum absolute atomic E-state index is 13.2. The molecule has 0 bridgehead atoms. The molecule has 1 atom stereocenters. The standard InChI is InChI=1S/C23H24N6O/c1-14-11-20(27-29-13-15(2)25-21(14)29)19-4-3-17-18(26-19)6-10-28(22(17)30)16-5-9-24-23(12-16)7-8-23/h3-4,6,10-11,13,16,24H,5,7-9,12H2,1-2H3/t16-/m0/s1. The smallest absolute Gasteiger partial charge is 0.260 e. The number of nitrogens with one attached hydrogen (secondary N) is 1. The van der Waals surface area contributed by atoms with Crippen LogP contribution in [0, 0.1) is 13.8 Å². The van der Waals surface area contributed by atoms with Gasteiger partial charge in [-0.15, -0.1) is 0 Å². The zero-order chi connectivity index (χ0) is 20.5. The Labute approximate surface area is 173 Å². The Morgan fingerprint density at radius 3 is 2.83 bits per heavy atom. The molecule has 7 heteroatoms. The molecule has 0 amide bonds. The highest BCUT2D eigenvalue weighted by molar-refractivity contribution is 5.80. The maximum Gasteiger partial charge on any atom is 0.260 e. The number of hydrogen-bond donors (Lipinski definition) is 1. The molecule has 7 nitrogen and oxygen atoms in total. The van der Waals surface area contributed by atoms with Crippen molar-refractivity contribution in [3.8, 4) is 11.4 Å². The van der Waals surface area contributed by atoms with Crippen LogP contribution >= 0.6 is 0 Å². The van der Waals surface area contributed by atoms with Gasteiger partial charge in [0.2, 0.25) is 0 Å². The fourth-order valence-electron chi connectivity index (χ4n) is 4.84. The maximum atomic E-state index is 13.2. The van der Waals surface area contributed by atoms with Gasteiger partial charge < -0.3 is 9.88 Å². The van der Waals surface area contributed by atoms with E-state index in [0.29, 0.717) is 10.9 Å². The number of pyridine rings is 2. The number of piperidine rings is 1. The molecule has 1 aliphatic heterocycles. The van der Waals surface area contributed by atoms with Crippen molar-refractivity contribution < 1.29 is 0 Å². The second kappa shape index (κ2) is 6.22. The van der Waals surface area contributed by atoms with Crippen molar-refractivity contribution in [2.24, 2.45) is 0 Å². The average molecular weight is 400 g/mol. The van der Waals surface area contributed by atoms with E-state index in [1.807, 2.05) is 55.1 Å². The van der Waals surface area contributed by atoms with Gasteiger partial charge in [-0.3, -0.25) is 4.79 Å². The van der Waals surface area contributed by atoms with E-state index in [1.165, 1.54) is 12.8 Å². The first-order valence-electron chi connectivity index (χ1n) is 10.6. The van der Waals surface area contributed by atoms with Gasteiger partial charge in [0, 0.05) is 17.8 Å². The van der Waals surface area contributed by atoms with Gasteiger partial charge in [0.1, 0.15) is 5.69 Å². The van der Waals surface area contributed by atoms with E-state index in [9.17, 15) is 4.79 Å². The van der Waals surface area contributed by atoms with Crippen molar-refractivity contribution in [1.82, 2.24) is 29.5 Å². The lowest BCUT2D eigenvalue weighted by Crippen LogP contribution is -2.42. The molecule has 0 aromatic carbocycles. The molecule has 5 heterocycles. The van der Waals surface area contributed by atoms with Gasteiger partial charge in [-0.05, 0) is 75.9 Å². The number of aryl methyl sites for hydroxylation is 2. The third-order valence-electron chi connectivity index (χ3n) is 6.63. The molecule has 2 fully saturated rings. The highest BCUT2D eigenvalue weighted by Crippen LogP contribution is 2.45. The van der Waals surface area contributed by atoms with Gasteiger partial charge in [0.05, 0.1) is 28.5 Å². The molecule has 6 rings (SSSR count). The SMILES string of the molecule is Cc1cn2nc(-c3ccc4c(=O)n([C@H]5CCNC6(CC6)C5)ccc4n3)cc(C)c2n1. The fourth-order valence-corrected chi connectivity index (χ4v) is 4.84. The number of nitrogens with zero attached hydrogens (tertiary/aromatic N) is 5. The predicted molar refractivity (Wildman–Crippen MR) is 116 cm³/mol. The Morgan fingerprint density at radius 1 is 1.13 bits per heavy atom. The minimum Gasteiger partial charge on any atom is -0.312 e. The van der Waals surface area contributed by atoms with Gasteiger partial charge in [-0.1, -0.05) is 0 Å². The van der Waals surface area contributed by atoms with E-state index >= 15 is 0 Å². The van der Waals surface area contributed by atoms with Crippen LogP contribution in [-0.2, 0) is 0 Å². The molecule has 1 spiro atoms. The Hall–Kier alpha value is -3.06. The quantitative estimate of drug-likeness (QED) is 0.559. The van der Waals surface area contributed by atoms with Crippen LogP contribution in [0.5, 0.6) is 0 Å². The summed E-state index contributed by atoms with van der Waals surface area (Å²) in [7, 11) is 0. The van der Waals surface area contributed by atoms with Crippen molar-refractivity contribution in [3.05, 3.63) is 58.3 Å². The summed E-state index contributed by atoms with van der Waals surface area (Å²) in [6.07, 6.45) is 8.32. The summed E-state index contributed by atoms with van der Waals surface area (Å²) in [6, 6.07) is 8.03. The van der Waals surface area contributed by atoms with E-state index in [2.05, 4.69) is 15.4 Å². The van der Waals surface area contributed by atoms with Gasteiger partial charge in [-0.25, -0.2) is 14.5 Å². The van der Waals surface area contributed by atoms with Gasteiger partial charge in [-0.2, -0.15) is 5.10 Å². The molecule has 0 radical (unpaired) electrons. The van der Waals surface area contributed by atoms with E-state index in [-0.39, 0.29) is 17.1 Å². The summed E-state index contributed by atoms with van der Waals surface area (Å²) >= 11 is 0. The number of rotatable bonds is 2. The molecule has 2 aliphatic rings. The largest absolute Gasteiger partial charge is 0.312 e. The Bertz CT molecular complexity index is 1360. The number of hydrogen-bond acceptors (Lipinski definition) is 5. The molecule has 0 unspecified atom stereocenters. The number of aromatic nitrogens is 5. The lowest BCUT2D eigenvalue weighted by Gasteiger charge is -2.31. The fraction of sp³-hybridized carbons (Fsp3) is 0.391. The van der Waals surface area contributed by atoms with Crippen LogP contribution in [0.3, 0.4) is 0 Å². The van der Waals surface area contributed by atoms with Crippen LogP contribution in [0.1, 0.15) is 43.0 Å². The lowest BCUT2D eigenvalue weighted by molar-refractivity contribution is 0.282. The second-order valence-electron chi connectivity index (χ2n) is 8.87. The third kappa shape index (κ3) is 2.76.